The molecule has 2 N–H and O–H groups in total. The Labute approximate surface area is 144 Å². The molecule has 3 amide bonds. The number of carbonyl (C=O) groups excluding carboxylic acids is 2. The maximum absolute atomic E-state index is 12.5. The molecule has 134 valence electrons. The van der Waals surface area contributed by atoms with Gasteiger partial charge in [0.05, 0.1) is 6.54 Å². The zero-order chi connectivity index (χ0) is 17.6. The van der Waals surface area contributed by atoms with Crippen LogP contribution in [0.15, 0.2) is 18.2 Å². The third-order valence-electron chi connectivity index (χ3n) is 4.87. The topological polar surface area (TPSA) is 97.3 Å². The SMILES string of the molecule is C[C@@]1(C2CC2)NC(=O)N(C[C@H](O)COc2ccc3c(c2)OCO3)C1=O. The maximum atomic E-state index is 12.5. The predicted molar refractivity (Wildman–Crippen MR) is 85.4 cm³/mol. The Bertz CT molecular complexity index is 719. The van der Waals surface area contributed by atoms with Crippen LogP contribution in [0.2, 0.25) is 0 Å². The molecule has 0 radical (unpaired) electrons. The number of carbonyl (C=O) groups is 2. The van der Waals surface area contributed by atoms with Gasteiger partial charge in [0, 0.05) is 6.07 Å². The van der Waals surface area contributed by atoms with Gasteiger partial charge in [-0.05, 0) is 37.8 Å². The first-order valence-electron chi connectivity index (χ1n) is 8.32. The number of imide groups is 1. The van der Waals surface area contributed by atoms with E-state index in [9.17, 15) is 14.7 Å². The average Bonchev–Trinajstić information content (AvgIpc) is 3.31. The van der Waals surface area contributed by atoms with Gasteiger partial charge in [-0.25, -0.2) is 4.79 Å². The lowest BCUT2D eigenvalue weighted by molar-refractivity contribution is -0.132. The molecule has 8 nitrogen and oxygen atoms in total. The third kappa shape index (κ3) is 2.86. The largest absolute Gasteiger partial charge is 0.491 e. The summed E-state index contributed by atoms with van der Waals surface area (Å²) in [5, 5.41) is 12.9. The van der Waals surface area contributed by atoms with Gasteiger partial charge in [0.2, 0.25) is 6.79 Å². The van der Waals surface area contributed by atoms with E-state index in [-0.39, 0.29) is 31.8 Å². The van der Waals surface area contributed by atoms with Crippen LogP contribution in [-0.2, 0) is 4.79 Å². The molecule has 8 heteroatoms. The Balaban J connectivity index is 1.34. The Kier molecular flexibility index (Phi) is 3.72. The summed E-state index contributed by atoms with van der Waals surface area (Å²) in [5.41, 5.74) is -0.838. The first-order chi connectivity index (χ1) is 12.0. The van der Waals surface area contributed by atoms with Crippen molar-refractivity contribution in [2.75, 3.05) is 19.9 Å². The number of amides is 3. The quantitative estimate of drug-likeness (QED) is 0.741. The van der Waals surface area contributed by atoms with Gasteiger partial charge < -0.3 is 24.6 Å². The minimum absolute atomic E-state index is 0.0448. The van der Waals surface area contributed by atoms with Gasteiger partial charge in [0.25, 0.3) is 5.91 Å². The first-order valence-corrected chi connectivity index (χ1v) is 8.32. The van der Waals surface area contributed by atoms with Crippen molar-refractivity contribution in [2.45, 2.75) is 31.4 Å². The molecule has 1 aromatic carbocycles. The highest BCUT2D eigenvalue weighted by molar-refractivity contribution is 6.07. The van der Waals surface area contributed by atoms with Gasteiger partial charge in [-0.1, -0.05) is 0 Å². The van der Waals surface area contributed by atoms with E-state index in [2.05, 4.69) is 5.32 Å². The van der Waals surface area contributed by atoms with Crippen LogP contribution in [0, 0.1) is 5.92 Å². The number of rotatable bonds is 6. The number of aliphatic hydroxyl groups is 1. The lowest BCUT2D eigenvalue weighted by Gasteiger charge is -2.22. The van der Waals surface area contributed by atoms with Gasteiger partial charge in [0.1, 0.15) is 24.0 Å². The monoisotopic (exact) mass is 348 g/mol. The molecule has 3 aliphatic rings. The summed E-state index contributed by atoms with van der Waals surface area (Å²) in [6.45, 7) is 1.78. The fourth-order valence-electron chi connectivity index (χ4n) is 3.24. The summed E-state index contributed by atoms with van der Waals surface area (Å²) in [6.07, 6.45) is 0.889. The zero-order valence-electron chi connectivity index (χ0n) is 13.9. The van der Waals surface area contributed by atoms with E-state index in [0.717, 1.165) is 17.7 Å². The van der Waals surface area contributed by atoms with Gasteiger partial charge in [0.15, 0.2) is 11.5 Å². The molecular weight excluding hydrogens is 328 g/mol. The van der Waals surface area contributed by atoms with Gasteiger partial charge in [-0.15, -0.1) is 0 Å². The number of nitrogens with zero attached hydrogens (tertiary/aromatic N) is 1. The predicted octanol–water partition coefficient (Wildman–Crippen LogP) is 0.875. The summed E-state index contributed by atoms with van der Waals surface area (Å²) in [4.78, 5) is 25.7. The van der Waals surface area contributed by atoms with Crippen LogP contribution in [-0.4, -0.2) is 53.5 Å². The molecule has 0 bridgehead atoms. The lowest BCUT2D eigenvalue weighted by Crippen LogP contribution is -2.46. The van der Waals surface area contributed by atoms with Crippen molar-refractivity contribution in [2.24, 2.45) is 5.92 Å². The molecule has 2 heterocycles. The van der Waals surface area contributed by atoms with Crippen molar-refractivity contribution in [3.63, 3.8) is 0 Å². The second-order valence-corrected chi connectivity index (χ2v) is 6.80. The van der Waals surface area contributed by atoms with E-state index in [1.807, 2.05) is 0 Å². The normalized spacial score (nSPS) is 25.9. The number of aliphatic hydroxyl groups excluding tert-OH is 1. The molecule has 2 fully saturated rings. The standard InChI is InChI=1S/C17H20N2O6/c1-17(10-2-3-10)15(21)19(16(22)18-17)7-11(20)8-23-12-4-5-13-14(6-12)25-9-24-13/h4-6,10-11,20H,2-3,7-9H2,1H3,(H,18,22)/t11-,17-/m0/s1. The minimum atomic E-state index is -0.985. The Morgan fingerprint density at radius 1 is 1.36 bits per heavy atom. The molecular formula is C17H20N2O6. The highest BCUT2D eigenvalue weighted by Gasteiger charge is 2.56. The Hall–Kier alpha value is -2.48. The number of urea groups is 1. The fourth-order valence-corrected chi connectivity index (χ4v) is 3.24. The molecule has 0 aromatic heterocycles. The molecule has 1 saturated carbocycles. The van der Waals surface area contributed by atoms with E-state index in [0.29, 0.717) is 17.2 Å². The zero-order valence-corrected chi connectivity index (χ0v) is 13.9. The number of benzene rings is 1. The van der Waals surface area contributed by atoms with Crippen molar-refractivity contribution < 1.29 is 28.9 Å². The van der Waals surface area contributed by atoms with Gasteiger partial charge >= 0.3 is 6.03 Å². The van der Waals surface area contributed by atoms with E-state index in [1.165, 1.54) is 0 Å². The molecule has 1 aliphatic carbocycles. The second kappa shape index (κ2) is 5.80. The van der Waals surface area contributed by atoms with Crippen molar-refractivity contribution in [3.05, 3.63) is 18.2 Å². The Morgan fingerprint density at radius 3 is 2.88 bits per heavy atom. The number of nitrogens with one attached hydrogen (secondary N) is 1. The van der Waals surface area contributed by atoms with Crippen LogP contribution < -0.4 is 19.5 Å². The van der Waals surface area contributed by atoms with Crippen LogP contribution in [0.3, 0.4) is 0 Å². The van der Waals surface area contributed by atoms with Crippen LogP contribution >= 0.6 is 0 Å². The number of ether oxygens (including phenoxy) is 3. The van der Waals surface area contributed by atoms with E-state index < -0.39 is 17.7 Å². The average molecular weight is 348 g/mol. The summed E-state index contributed by atoms with van der Waals surface area (Å²) < 4.78 is 16.0. The summed E-state index contributed by atoms with van der Waals surface area (Å²) in [5.74, 6) is 1.66. The highest BCUT2D eigenvalue weighted by Crippen LogP contribution is 2.42. The van der Waals surface area contributed by atoms with Crippen LogP contribution in [0.25, 0.3) is 0 Å². The number of hydrogen-bond donors (Lipinski definition) is 2. The Morgan fingerprint density at radius 2 is 2.12 bits per heavy atom. The van der Waals surface area contributed by atoms with Crippen molar-refractivity contribution in [1.29, 1.82) is 0 Å². The maximum Gasteiger partial charge on any atom is 0.325 e. The molecule has 1 aromatic rings. The van der Waals surface area contributed by atoms with Gasteiger partial charge in [-0.2, -0.15) is 0 Å². The van der Waals surface area contributed by atoms with Crippen LogP contribution in [0.1, 0.15) is 19.8 Å². The smallest absolute Gasteiger partial charge is 0.325 e. The van der Waals surface area contributed by atoms with Crippen LogP contribution in [0.4, 0.5) is 4.79 Å². The van der Waals surface area contributed by atoms with E-state index in [1.54, 1.807) is 25.1 Å². The van der Waals surface area contributed by atoms with E-state index in [4.69, 9.17) is 14.2 Å². The molecule has 0 spiro atoms. The highest BCUT2D eigenvalue weighted by atomic mass is 16.7. The molecule has 25 heavy (non-hydrogen) atoms. The molecule has 2 atom stereocenters. The second-order valence-electron chi connectivity index (χ2n) is 6.80. The van der Waals surface area contributed by atoms with Crippen molar-refractivity contribution in [3.8, 4) is 17.2 Å². The number of fused-ring (bicyclic) bond motifs is 1. The van der Waals surface area contributed by atoms with Crippen LogP contribution in [0.5, 0.6) is 17.2 Å². The summed E-state index contributed by atoms with van der Waals surface area (Å²) in [7, 11) is 0. The third-order valence-corrected chi connectivity index (χ3v) is 4.87. The first kappa shape index (κ1) is 16.0. The number of hydrogen-bond acceptors (Lipinski definition) is 6. The summed E-state index contributed by atoms with van der Waals surface area (Å²) >= 11 is 0. The van der Waals surface area contributed by atoms with E-state index >= 15 is 0 Å². The minimum Gasteiger partial charge on any atom is -0.491 e. The number of β-amino-alcohol motifs (C(OH)–C–C–N with tert-alkyl or cyclic N) is 1. The van der Waals surface area contributed by atoms with Crippen molar-refractivity contribution >= 4 is 11.9 Å². The lowest BCUT2D eigenvalue weighted by atomic mass is 9.96. The fraction of sp³-hybridized carbons (Fsp3) is 0.529. The molecule has 4 rings (SSSR count). The molecule has 2 aliphatic heterocycles. The summed E-state index contributed by atoms with van der Waals surface area (Å²) in [6, 6.07) is 4.65. The molecule has 1 saturated heterocycles. The molecule has 0 unspecified atom stereocenters. The van der Waals surface area contributed by atoms with Gasteiger partial charge in [-0.3, -0.25) is 9.69 Å². The van der Waals surface area contributed by atoms with Crippen molar-refractivity contribution in [1.82, 2.24) is 10.2 Å².